The van der Waals surface area contributed by atoms with Crippen LogP contribution in [-0.2, 0) is 14.3 Å². The number of ether oxygens (including phenoxy) is 2. The van der Waals surface area contributed by atoms with Crippen LogP contribution in [0.1, 0.15) is 0 Å². The summed E-state index contributed by atoms with van der Waals surface area (Å²) in [5.74, 6) is 0. The largest absolute Gasteiger partial charge is 0.383 e. The molecule has 0 unspecified atom stereocenters. The highest BCUT2D eigenvalue weighted by Crippen LogP contribution is 1.67. The summed E-state index contributed by atoms with van der Waals surface area (Å²) in [5, 5.41) is 2.23. The van der Waals surface area contributed by atoms with Crippen LogP contribution in [0.3, 0.4) is 0 Å². The first-order chi connectivity index (χ1) is 6.83. The molecule has 0 spiro atoms. The molecule has 0 N–H and O–H groups in total. The number of methoxy groups -OCH3 is 2. The second-order valence-corrected chi connectivity index (χ2v) is 2.11. The van der Waals surface area contributed by atoms with E-state index < -0.39 is 0 Å². The van der Waals surface area contributed by atoms with Crippen LogP contribution >= 0.6 is 12.2 Å². The predicted octanol–water partition coefficient (Wildman–Crippen LogP) is 0.704. The zero-order chi connectivity index (χ0) is 11.1. The van der Waals surface area contributed by atoms with Crippen molar-refractivity contribution in [1.82, 2.24) is 0 Å². The molecule has 0 heterocycles. The van der Waals surface area contributed by atoms with E-state index in [1.807, 2.05) is 0 Å². The van der Waals surface area contributed by atoms with Crippen molar-refractivity contribution in [1.29, 1.82) is 0 Å². The molecule has 0 saturated carbocycles. The smallest absolute Gasteiger partial charge is 0.235 e. The highest BCUT2D eigenvalue weighted by atomic mass is 32.1. The highest BCUT2D eigenvalue weighted by molar-refractivity contribution is 7.78. The number of carbonyl (C=O) groups excluding carboxylic acids is 1. The summed E-state index contributed by atoms with van der Waals surface area (Å²) < 4.78 is 9.24. The van der Waals surface area contributed by atoms with Gasteiger partial charge in [-0.25, -0.2) is 14.8 Å². The minimum atomic E-state index is 0.417. The maximum absolute atomic E-state index is 9.33. The first-order valence-corrected chi connectivity index (χ1v) is 4.29. The normalized spacial score (nSPS) is 7.57. The lowest BCUT2D eigenvalue weighted by Crippen LogP contribution is -1.90. The Morgan fingerprint density at radius 2 is 1.64 bits per heavy atom. The Labute approximate surface area is 88.8 Å². The standard InChI is InChI=1S/C4H7NO2.C4H7NOS/c1-7-3-2-5-4-6;1-6-3-2-5-4-7/h2*2-3H2,1H3. The van der Waals surface area contributed by atoms with Crippen LogP contribution < -0.4 is 0 Å². The number of aliphatic imine (C=N–C) groups is 2. The number of hydrogen-bond acceptors (Lipinski definition) is 6. The Morgan fingerprint density at radius 3 is 2.00 bits per heavy atom. The Kier molecular flexibility index (Phi) is 20.0. The molecule has 0 fully saturated rings. The molecule has 14 heavy (non-hydrogen) atoms. The number of thiocarbonyl (C=S) groups is 1. The van der Waals surface area contributed by atoms with Gasteiger partial charge in [-0.05, 0) is 12.2 Å². The SMILES string of the molecule is COCCN=C=O.COCCN=C=S. The average Bonchev–Trinajstić information content (AvgIpc) is 2.21. The van der Waals surface area contributed by atoms with Crippen molar-refractivity contribution in [3.05, 3.63) is 0 Å². The van der Waals surface area contributed by atoms with E-state index in [9.17, 15) is 4.79 Å². The van der Waals surface area contributed by atoms with Gasteiger partial charge in [-0.3, -0.25) is 0 Å². The number of rotatable bonds is 6. The van der Waals surface area contributed by atoms with E-state index in [1.165, 1.54) is 6.08 Å². The molecule has 0 aliphatic carbocycles. The van der Waals surface area contributed by atoms with E-state index >= 15 is 0 Å². The lowest BCUT2D eigenvalue weighted by molar-refractivity contribution is 0.208. The fraction of sp³-hybridized carbons (Fsp3) is 0.750. The molecule has 6 heteroatoms. The molecule has 0 rings (SSSR count). The Bertz CT molecular complexity index is 177. The molecule has 0 saturated heterocycles. The van der Waals surface area contributed by atoms with Crippen molar-refractivity contribution < 1.29 is 14.3 Å². The summed E-state index contributed by atoms with van der Waals surface area (Å²) in [6.45, 7) is 2.17. The van der Waals surface area contributed by atoms with Gasteiger partial charge >= 0.3 is 0 Å². The number of hydrogen-bond donors (Lipinski definition) is 0. The number of isocyanates is 1. The first kappa shape index (κ1) is 15.6. The molecule has 0 radical (unpaired) electrons. The van der Waals surface area contributed by atoms with E-state index in [4.69, 9.17) is 0 Å². The average molecular weight is 218 g/mol. The highest BCUT2D eigenvalue weighted by Gasteiger charge is 1.73. The zero-order valence-corrected chi connectivity index (χ0v) is 9.17. The van der Waals surface area contributed by atoms with Crippen LogP contribution in [0.2, 0.25) is 0 Å². The lowest BCUT2D eigenvalue weighted by Gasteiger charge is -1.85. The van der Waals surface area contributed by atoms with Crippen molar-refractivity contribution >= 4 is 23.5 Å². The van der Waals surface area contributed by atoms with E-state index in [0.29, 0.717) is 26.3 Å². The second-order valence-electron chi connectivity index (χ2n) is 1.93. The molecule has 0 atom stereocenters. The van der Waals surface area contributed by atoms with Crippen molar-refractivity contribution in [3.8, 4) is 0 Å². The van der Waals surface area contributed by atoms with Crippen LogP contribution in [0.4, 0.5) is 0 Å². The topological polar surface area (TPSA) is 60.2 Å². The molecular weight excluding hydrogens is 204 g/mol. The third-order valence-electron chi connectivity index (χ3n) is 0.944. The van der Waals surface area contributed by atoms with Crippen molar-refractivity contribution in [2.24, 2.45) is 9.98 Å². The zero-order valence-electron chi connectivity index (χ0n) is 8.36. The quantitative estimate of drug-likeness (QED) is 0.285. The molecule has 5 nitrogen and oxygen atoms in total. The van der Waals surface area contributed by atoms with Crippen molar-refractivity contribution in [2.75, 3.05) is 40.5 Å². The van der Waals surface area contributed by atoms with Crippen molar-refractivity contribution in [3.63, 3.8) is 0 Å². The van der Waals surface area contributed by atoms with E-state index in [0.717, 1.165) is 0 Å². The van der Waals surface area contributed by atoms with Gasteiger partial charge in [-0.15, -0.1) is 0 Å². The summed E-state index contributed by atoms with van der Waals surface area (Å²) in [6.07, 6.45) is 1.40. The minimum Gasteiger partial charge on any atom is -0.383 e. The van der Waals surface area contributed by atoms with Crippen LogP contribution in [0.5, 0.6) is 0 Å². The van der Waals surface area contributed by atoms with Gasteiger partial charge in [0.25, 0.3) is 0 Å². The van der Waals surface area contributed by atoms with E-state index in [-0.39, 0.29) is 0 Å². The molecule has 80 valence electrons. The van der Waals surface area contributed by atoms with Crippen LogP contribution in [0.15, 0.2) is 9.98 Å². The minimum absolute atomic E-state index is 0.417. The fourth-order valence-corrected chi connectivity index (χ4v) is 0.456. The summed E-state index contributed by atoms with van der Waals surface area (Å²) in [4.78, 5) is 16.2. The number of nitrogens with zero attached hydrogens (tertiary/aromatic N) is 2. The van der Waals surface area contributed by atoms with Gasteiger partial charge < -0.3 is 9.47 Å². The predicted molar refractivity (Wildman–Crippen MR) is 56.6 cm³/mol. The molecule has 0 aliphatic rings. The monoisotopic (exact) mass is 218 g/mol. The Balaban J connectivity index is 0. The van der Waals surface area contributed by atoms with Gasteiger partial charge in [-0.2, -0.15) is 0 Å². The Morgan fingerprint density at radius 1 is 1.14 bits per heavy atom. The van der Waals surface area contributed by atoms with E-state index in [1.54, 1.807) is 14.2 Å². The molecular formula is C8H14N2O3S. The summed E-state index contributed by atoms with van der Waals surface area (Å²) in [7, 11) is 3.18. The fourth-order valence-electron chi connectivity index (χ4n) is 0.365. The molecule has 0 aliphatic heterocycles. The lowest BCUT2D eigenvalue weighted by atomic mass is 10.7. The van der Waals surface area contributed by atoms with Gasteiger partial charge in [0.05, 0.1) is 31.5 Å². The summed E-state index contributed by atoms with van der Waals surface area (Å²) in [6, 6.07) is 0. The van der Waals surface area contributed by atoms with Gasteiger partial charge in [-0.1, -0.05) is 0 Å². The van der Waals surface area contributed by atoms with Crippen LogP contribution in [0.25, 0.3) is 0 Å². The van der Waals surface area contributed by atoms with Crippen molar-refractivity contribution in [2.45, 2.75) is 0 Å². The first-order valence-electron chi connectivity index (χ1n) is 3.88. The van der Waals surface area contributed by atoms with E-state index in [2.05, 4.69) is 36.8 Å². The van der Waals surface area contributed by atoms with Gasteiger partial charge in [0.2, 0.25) is 6.08 Å². The molecule has 0 aromatic heterocycles. The van der Waals surface area contributed by atoms with Gasteiger partial charge in [0, 0.05) is 14.2 Å². The maximum atomic E-state index is 9.33. The molecule has 0 aromatic carbocycles. The van der Waals surface area contributed by atoms with Crippen LogP contribution in [0, 0.1) is 0 Å². The van der Waals surface area contributed by atoms with Crippen LogP contribution in [-0.4, -0.2) is 51.8 Å². The maximum Gasteiger partial charge on any atom is 0.235 e. The third-order valence-corrected chi connectivity index (χ3v) is 1.07. The molecule has 0 bridgehead atoms. The molecule has 0 aromatic rings. The molecule has 0 amide bonds. The summed E-state index contributed by atoms with van der Waals surface area (Å²) in [5.41, 5.74) is 0. The number of isothiocyanates is 1. The third kappa shape index (κ3) is 22.5. The summed E-state index contributed by atoms with van der Waals surface area (Å²) >= 11 is 4.29. The van der Waals surface area contributed by atoms with Gasteiger partial charge in [0.1, 0.15) is 0 Å². The Hall–Kier alpha value is -0.900. The van der Waals surface area contributed by atoms with Gasteiger partial charge in [0.15, 0.2) is 0 Å². The second kappa shape index (κ2) is 18.0.